The van der Waals surface area contributed by atoms with Crippen LogP contribution < -0.4 is 10.6 Å². The van der Waals surface area contributed by atoms with Crippen LogP contribution in [0.4, 0.5) is 0 Å². The number of hydrogen-bond acceptors (Lipinski definition) is 2. The van der Waals surface area contributed by atoms with Crippen LogP contribution in [0, 0.1) is 0 Å². The maximum absolute atomic E-state index is 6.12. The lowest BCUT2D eigenvalue weighted by molar-refractivity contribution is 0.812. The molecule has 0 aliphatic carbocycles. The molecule has 1 rings (SSSR count). The van der Waals surface area contributed by atoms with E-state index in [0.29, 0.717) is 0 Å². The van der Waals surface area contributed by atoms with Crippen LogP contribution in [0.3, 0.4) is 0 Å². The first kappa shape index (κ1) is 20.6. The molecule has 0 bridgehead atoms. The first-order valence-electron chi connectivity index (χ1n) is 6.64. The van der Waals surface area contributed by atoms with Crippen LogP contribution in [0.25, 0.3) is 0 Å². The number of hydrogen-bond donors (Lipinski definition) is 2. The molecule has 0 saturated carbocycles. The van der Waals surface area contributed by atoms with Gasteiger partial charge in [0.05, 0.1) is 0 Å². The van der Waals surface area contributed by atoms with E-state index in [-0.39, 0.29) is 24.0 Å². The average molecular weight is 440 g/mol. The summed E-state index contributed by atoms with van der Waals surface area (Å²) in [5.74, 6) is 2.86. The quantitative estimate of drug-likeness (QED) is 0.214. The standard InChI is InChI=1S/C15H22ClN3S.HI/c1-3-11-20-12-10-19-15(17-2)18-9-8-13-6-4-5-7-14(13)16;/h3-7H,1,8-12H2,2H3,(H2,17,18,19);1H. The largest absolute Gasteiger partial charge is 0.356 e. The van der Waals surface area contributed by atoms with Gasteiger partial charge in [0.1, 0.15) is 0 Å². The van der Waals surface area contributed by atoms with Crippen molar-refractivity contribution in [2.75, 3.05) is 31.6 Å². The summed E-state index contributed by atoms with van der Waals surface area (Å²) < 4.78 is 0. The van der Waals surface area contributed by atoms with E-state index in [2.05, 4.69) is 22.2 Å². The van der Waals surface area contributed by atoms with E-state index in [1.54, 1.807) is 7.05 Å². The molecule has 0 aromatic heterocycles. The molecule has 1 aromatic carbocycles. The van der Waals surface area contributed by atoms with Crippen LogP contribution in [0.5, 0.6) is 0 Å². The minimum Gasteiger partial charge on any atom is -0.356 e. The number of nitrogens with zero attached hydrogens (tertiary/aromatic N) is 1. The Labute approximate surface area is 154 Å². The first-order chi connectivity index (χ1) is 9.77. The fraction of sp³-hybridized carbons (Fsp3) is 0.400. The highest BCUT2D eigenvalue weighted by molar-refractivity contribution is 14.0. The van der Waals surface area contributed by atoms with Crippen LogP contribution in [-0.2, 0) is 6.42 Å². The van der Waals surface area contributed by atoms with Crippen LogP contribution in [0.15, 0.2) is 41.9 Å². The van der Waals surface area contributed by atoms with E-state index in [1.807, 2.05) is 42.1 Å². The molecule has 6 heteroatoms. The Bertz CT molecular complexity index is 441. The molecule has 2 N–H and O–H groups in total. The molecule has 0 aliphatic rings. The minimum absolute atomic E-state index is 0. The van der Waals surface area contributed by atoms with Crippen molar-refractivity contribution >= 4 is 53.3 Å². The Morgan fingerprint density at radius 3 is 2.71 bits per heavy atom. The minimum atomic E-state index is 0. The number of guanidine groups is 1. The van der Waals surface area contributed by atoms with Crippen molar-refractivity contribution in [3.05, 3.63) is 47.5 Å². The highest BCUT2D eigenvalue weighted by atomic mass is 127. The zero-order chi connectivity index (χ0) is 14.6. The molecule has 0 radical (unpaired) electrons. The Hall–Kier alpha value is -0.400. The molecule has 0 saturated heterocycles. The SMILES string of the molecule is C=CCSCCNC(=NC)NCCc1ccccc1Cl.I. The van der Waals surface area contributed by atoms with Gasteiger partial charge in [-0.25, -0.2) is 0 Å². The predicted molar refractivity (Wildman–Crippen MR) is 107 cm³/mol. The smallest absolute Gasteiger partial charge is 0.191 e. The molecule has 118 valence electrons. The molecule has 21 heavy (non-hydrogen) atoms. The van der Waals surface area contributed by atoms with Gasteiger partial charge in [-0.15, -0.1) is 30.6 Å². The Kier molecular flexibility index (Phi) is 13.0. The van der Waals surface area contributed by atoms with Gasteiger partial charge in [0.15, 0.2) is 5.96 Å². The third-order valence-corrected chi connectivity index (χ3v) is 3.98. The van der Waals surface area contributed by atoms with E-state index in [4.69, 9.17) is 11.6 Å². The number of aliphatic imine (C=N–C) groups is 1. The van der Waals surface area contributed by atoms with Crippen molar-refractivity contribution in [1.82, 2.24) is 10.6 Å². The van der Waals surface area contributed by atoms with Gasteiger partial charge in [-0.3, -0.25) is 4.99 Å². The molecular formula is C15H23ClIN3S. The maximum atomic E-state index is 6.12. The van der Waals surface area contributed by atoms with Crippen LogP contribution in [-0.4, -0.2) is 37.6 Å². The van der Waals surface area contributed by atoms with Crippen LogP contribution in [0.1, 0.15) is 5.56 Å². The van der Waals surface area contributed by atoms with Gasteiger partial charge >= 0.3 is 0 Å². The van der Waals surface area contributed by atoms with Crippen molar-refractivity contribution in [3.8, 4) is 0 Å². The molecule has 0 unspecified atom stereocenters. The fourth-order valence-electron chi connectivity index (χ4n) is 1.65. The molecule has 0 amide bonds. The normalized spacial score (nSPS) is 10.7. The fourth-order valence-corrected chi connectivity index (χ4v) is 2.46. The summed E-state index contributed by atoms with van der Waals surface area (Å²) in [6.07, 6.45) is 2.80. The third-order valence-electron chi connectivity index (χ3n) is 2.64. The number of benzene rings is 1. The van der Waals surface area contributed by atoms with E-state index < -0.39 is 0 Å². The number of nitrogens with one attached hydrogen (secondary N) is 2. The maximum Gasteiger partial charge on any atom is 0.191 e. The molecule has 0 atom stereocenters. The molecule has 0 heterocycles. The van der Waals surface area contributed by atoms with Crippen molar-refractivity contribution in [3.63, 3.8) is 0 Å². The van der Waals surface area contributed by atoms with E-state index >= 15 is 0 Å². The summed E-state index contributed by atoms with van der Waals surface area (Å²) in [6, 6.07) is 7.92. The van der Waals surface area contributed by atoms with E-state index in [9.17, 15) is 0 Å². The van der Waals surface area contributed by atoms with Gasteiger partial charge in [0, 0.05) is 36.7 Å². The van der Waals surface area contributed by atoms with Crippen molar-refractivity contribution in [2.24, 2.45) is 4.99 Å². The van der Waals surface area contributed by atoms with Crippen molar-refractivity contribution < 1.29 is 0 Å². The lowest BCUT2D eigenvalue weighted by Crippen LogP contribution is -2.39. The second-order valence-corrected chi connectivity index (χ2v) is 5.69. The summed E-state index contributed by atoms with van der Waals surface area (Å²) >= 11 is 7.97. The molecule has 0 aliphatic heterocycles. The molecule has 3 nitrogen and oxygen atoms in total. The lowest BCUT2D eigenvalue weighted by atomic mass is 10.1. The van der Waals surface area contributed by atoms with Crippen molar-refractivity contribution in [2.45, 2.75) is 6.42 Å². The third kappa shape index (κ3) is 9.26. The zero-order valence-electron chi connectivity index (χ0n) is 12.3. The number of thioether (sulfide) groups is 1. The first-order valence-corrected chi connectivity index (χ1v) is 8.17. The lowest BCUT2D eigenvalue weighted by Gasteiger charge is -2.12. The van der Waals surface area contributed by atoms with Gasteiger partial charge in [-0.2, -0.15) is 11.8 Å². The molecular weight excluding hydrogens is 417 g/mol. The molecule has 0 spiro atoms. The van der Waals surface area contributed by atoms with E-state index in [1.165, 1.54) is 0 Å². The molecule has 0 fully saturated rings. The second kappa shape index (κ2) is 13.3. The number of halogens is 2. The highest BCUT2D eigenvalue weighted by Gasteiger charge is 2.00. The van der Waals surface area contributed by atoms with Crippen molar-refractivity contribution in [1.29, 1.82) is 0 Å². The molecule has 1 aromatic rings. The average Bonchev–Trinajstić information content (AvgIpc) is 2.47. The Morgan fingerprint density at radius 1 is 1.33 bits per heavy atom. The van der Waals surface area contributed by atoms with Gasteiger partial charge < -0.3 is 10.6 Å². The summed E-state index contributed by atoms with van der Waals surface area (Å²) in [5.41, 5.74) is 1.15. The van der Waals surface area contributed by atoms with Gasteiger partial charge in [0.2, 0.25) is 0 Å². The topological polar surface area (TPSA) is 36.4 Å². The zero-order valence-corrected chi connectivity index (χ0v) is 16.2. The number of rotatable bonds is 8. The van der Waals surface area contributed by atoms with Crippen LogP contribution >= 0.6 is 47.3 Å². The summed E-state index contributed by atoms with van der Waals surface area (Å²) in [5, 5.41) is 7.38. The Balaban J connectivity index is 0.00000400. The second-order valence-electron chi connectivity index (χ2n) is 4.13. The Morgan fingerprint density at radius 2 is 2.05 bits per heavy atom. The predicted octanol–water partition coefficient (Wildman–Crippen LogP) is 3.58. The summed E-state index contributed by atoms with van der Waals surface area (Å²) in [4.78, 5) is 4.19. The van der Waals surface area contributed by atoms with E-state index in [0.717, 1.165) is 47.6 Å². The highest BCUT2D eigenvalue weighted by Crippen LogP contribution is 2.14. The monoisotopic (exact) mass is 439 g/mol. The summed E-state index contributed by atoms with van der Waals surface area (Å²) in [7, 11) is 1.78. The van der Waals surface area contributed by atoms with Gasteiger partial charge in [-0.05, 0) is 18.1 Å². The summed E-state index contributed by atoms with van der Waals surface area (Å²) in [6.45, 7) is 5.40. The van der Waals surface area contributed by atoms with Gasteiger partial charge in [0.25, 0.3) is 0 Å². The van der Waals surface area contributed by atoms with Gasteiger partial charge in [-0.1, -0.05) is 35.9 Å². The van der Waals surface area contributed by atoms with Crippen LogP contribution in [0.2, 0.25) is 5.02 Å².